The van der Waals surface area contributed by atoms with Crippen LogP contribution in [0, 0.1) is 11.8 Å². The normalized spacial score (nSPS) is 21.9. The van der Waals surface area contributed by atoms with E-state index in [2.05, 4.69) is 54.3 Å². The summed E-state index contributed by atoms with van der Waals surface area (Å²) in [6, 6.07) is 17.8. The summed E-state index contributed by atoms with van der Waals surface area (Å²) in [6.07, 6.45) is 8.86. The van der Waals surface area contributed by atoms with Crippen molar-refractivity contribution < 1.29 is 9.47 Å². The van der Waals surface area contributed by atoms with Crippen LogP contribution in [-0.4, -0.2) is 37.7 Å². The maximum atomic E-state index is 5.93. The van der Waals surface area contributed by atoms with Gasteiger partial charge in [-0.15, -0.1) is 0 Å². The molecule has 1 saturated carbocycles. The molecule has 2 aliphatic rings. The SMILES string of the molecule is COc1ccc(C[C@@H]2[C@H](C)CCCN2CC2CC2)c(CCCOCc2ccccc2)c1. The third-order valence-electron chi connectivity index (χ3n) is 7.11. The number of hydrogen-bond donors (Lipinski definition) is 0. The largest absolute Gasteiger partial charge is 0.497 e. The van der Waals surface area contributed by atoms with Crippen molar-refractivity contribution in [3.8, 4) is 5.75 Å². The first-order valence-electron chi connectivity index (χ1n) is 12.2. The first-order valence-corrected chi connectivity index (χ1v) is 12.2. The number of methoxy groups -OCH3 is 1. The van der Waals surface area contributed by atoms with Crippen molar-refractivity contribution in [2.45, 2.75) is 64.5 Å². The van der Waals surface area contributed by atoms with Gasteiger partial charge < -0.3 is 9.47 Å². The minimum absolute atomic E-state index is 0.677. The van der Waals surface area contributed by atoms with Gasteiger partial charge in [0.05, 0.1) is 13.7 Å². The van der Waals surface area contributed by atoms with Crippen molar-refractivity contribution in [1.82, 2.24) is 4.90 Å². The lowest BCUT2D eigenvalue weighted by Gasteiger charge is -2.40. The van der Waals surface area contributed by atoms with E-state index in [1.165, 1.54) is 55.5 Å². The minimum atomic E-state index is 0.677. The number of aryl methyl sites for hydroxylation is 1. The number of ether oxygens (including phenoxy) is 2. The Morgan fingerprint density at radius 1 is 1.00 bits per heavy atom. The molecule has 0 unspecified atom stereocenters. The van der Waals surface area contributed by atoms with Crippen LogP contribution >= 0.6 is 0 Å². The molecule has 168 valence electrons. The van der Waals surface area contributed by atoms with E-state index in [9.17, 15) is 0 Å². The fraction of sp³-hybridized carbons (Fsp3) is 0.571. The van der Waals surface area contributed by atoms with Gasteiger partial charge >= 0.3 is 0 Å². The zero-order valence-corrected chi connectivity index (χ0v) is 19.4. The maximum Gasteiger partial charge on any atom is 0.119 e. The van der Waals surface area contributed by atoms with Crippen molar-refractivity contribution in [2.75, 3.05) is 26.8 Å². The zero-order chi connectivity index (χ0) is 21.5. The smallest absolute Gasteiger partial charge is 0.119 e. The van der Waals surface area contributed by atoms with Gasteiger partial charge in [-0.2, -0.15) is 0 Å². The monoisotopic (exact) mass is 421 g/mol. The van der Waals surface area contributed by atoms with Crippen LogP contribution < -0.4 is 4.74 Å². The van der Waals surface area contributed by atoms with E-state index in [1.807, 2.05) is 6.07 Å². The molecule has 3 nitrogen and oxygen atoms in total. The molecule has 1 saturated heterocycles. The van der Waals surface area contributed by atoms with E-state index in [-0.39, 0.29) is 0 Å². The average molecular weight is 422 g/mol. The van der Waals surface area contributed by atoms with Gasteiger partial charge in [0.25, 0.3) is 0 Å². The number of piperidine rings is 1. The van der Waals surface area contributed by atoms with Gasteiger partial charge in [0.2, 0.25) is 0 Å². The summed E-state index contributed by atoms with van der Waals surface area (Å²) in [4.78, 5) is 2.81. The summed E-state index contributed by atoms with van der Waals surface area (Å²) in [7, 11) is 1.77. The molecule has 0 radical (unpaired) electrons. The minimum Gasteiger partial charge on any atom is -0.497 e. The highest BCUT2D eigenvalue weighted by Crippen LogP contribution is 2.35. The van der Waals surface area contributed by atoms with Crippen molar-refractivity contribution in [1.29, 1.82) is 0 Å². The molecular weight excluding hydrogens is 382 g/mol. The van der Waals surface area contributed by atoms with Crippen LogP contribution in [0.25, 0.3) is 0 Å². The van der Waals surface area contributed by atoms with Crippen LogP contribution in [0.1, 0.15) is 55.7 Å². The third kappa shape index (κ3) is 6.57. The number of rotatable bonds is 11. The molecule has 2 aromatic carbocycles. The van der Waals surface area contributed by atoms with Gasteiger partial charge in [0.15, 0.2) is 0 Å². The molecule has 3 heteroatoms. The molecule has 4 rings (SSSR count). The predicted octanol–water partition coefficient (Wildman–Crippen LogP) is 5.90. The van der Waals surface area contributed by atoms with Crippen molar-refractivity contribution in [3.05, 3.63) is 65.2 Å². The molecule has 31 heavy (non-hydrogen) atoms. The second kappa shape index (κ2) is 11.2. The van der Waals surface area contributed by atoms with E-state index in [1.54, 1.807) is 7.11 Å². The van der Waals surface area contributed by atoms with E-state index in [0.29, 0.717) is 12.6 Å². The van der Waals surface area contributed by atoms with E-state index in [4.69, 9.17) is 9.47 Å². The van der Waals surface area contributed by atoms with Gasteiger partial charge in [0, 0.05) is 19.2 Å². The Morgan fingerprint density at radius 2 is 1.84 bits per heavy atom. The molecule has 0 amide bonds. The van der Waals surface area contributed by atoms with Gasteiger partial charge in [-0.3, -0.25) is 4.90 Å². The van der Waals surface area contributed by atoms with Gasteiger partial charge in [-0.25, -0.2) is 0 Å². The topological polar surface area (TPSA) is 21.7 Å². The number of benzene rings is 2. The fourth-order valence-electron chi connectivity index (χ4n) is 5.04. The Kier molecular flexibility index (Phi) is 8.04. The predicted molar refractivity (Wildman–Crippen MR) is 128 cm³/mol. The average Bonchev–Trinajstić information content (AvgIpc) is 3.61. The second-order valence-electron chi connectivity index (χ2n) is 9.61. The molecule has 2 fully saturated rings. The van der Waals surface area contributed by atoms with Crippen LogP contribution in [-0.2, 0) is 24.2 Å². The highest BCUT2D eigenvalue weighted by molar-refractivity contribution is 5.36. The molecule has 2 atom stereocenters. The molecule has 0 bridgehead atoms. The van der Waals surface area contributed by atoms with Gasteiger partial charge in [-0.05, 0) is 92.1 Å². The standard InChI is InChI=1S/C28H39NO2/c1-22-8-6-16-29(20-23-12-13-23)28(22)19-26-14-15-27(30-2)18-25(26)11-7-17-31-21-24-9-4-3-5-10-24/h3-5,9-10,14-15,18,22-23,28H,6-8,11-13,16-17,19-21H2,1-2H3/t22-,28-/m1/s1. The zero-order valence-electron chi connectivity index (χ0n) is 19.4. The second-order valence-corrected chi connectivity index (χ2v) is 9.61. The van der Waals surface area contributed by atoms with E-state index in [0.717, 1.165) is 43.5 Å². The quantitative estimate of drug-likeness (QED) is 0.422. The van der Waals surface area contributed by atoms with Crippen LogP contribution in [0.3, 0.4) is 0 Å². The summed E-state index contributed by atoms with van der Waals surface area (Å²) in [5, 5.41) is 0. The van der Waals surface area contributed by atoms with Crippen molar-refractivity contribution >= 4 is 0 Å². The lowest BCUT2D eigenvalue weighted by molar-refractivity contribution is 0.0955. The van der Waals surface area contributed by atoms with Crippen LogP contribution in [0.15, 0.2) is 48.5 Å². The summed E-state index contributed by atoms with van der Waals surface area (Å²) in [5.41, 5.74) is 4.18. The third-order valence-corrected chi connectivity index (χ3v) is 7.11. The van der Waals surface area contributed by atoms with Gasteiger partial charge in [-0.1, -0.05) is 43.3 Å². The van der Waals surface area contributed by atoms with Crippen molar-refractivity contribution in [2.24, 2.45) is 11.8 Å². The lowest BCUT2D eigenvalue weighted by atomic mass is 9.85. The molecule has 0 aromatic heterocycles. The summed E-state index contributed by atoms with van der Waals surface area (Å²) in [6.45, 7) is 6.54. The summed E-state index contributed by atoms with van der Waals surface area (Å²) in [5.74, 6) is 2.71. The summed E-state index contributed by atoms with van der Waals surface area (Å²) >= 11 is 0. The van der Waals surface area contributed by atoms with Crippen LogP contribution in [0.5, 0.6) is 5.75 Å². The molecule has 0 spiro atoms. The molecule has 2 aromatic rings. The Bertz CT molecular complexity index is 802. The Morgan fingerprint density at radius 3 is 2.61 bits per heavy atom. The van der Waals surface area contributed by atoms with Crippen LogP contribution in [0.2, 0.25) is 0 Å². The van der Waals surface area contributed by atoms with Crippen molar-refractivity contribution in [3.63, 3.8) is 0 Å². The molecular formula is C28H39NO2. The van der Waals surface area contributed by atoms with E-state index >= 15 is 0 Å². The van der Waals surface area contributed by atoms with Gasteiger partial charge in [0.1, 0.15) is 5.75 Å². The van der Waals surface area contributed by atoms with E-state index < -0.39 is 0 Å². The molecule has 1 aliphatic heterocycles. The Labute approximate surface area is 188 Å². The number of hydrogen-bond acceptors (Lipinski definition) is 3. The lowest BCUT2D eigenvalue weighted by Crippen LogP contribution is -2.46. The Hall–Kier alpha value is -1.84. The number of likely N-dealkylation sites (tertiary alicyclic amines) is 1. The summed E-state index contributed by atoms with van der Waals surface area (Å²) < 4.78 is 11.5. The highest BCUT2D eigenvalue weighted by atomic mass is 16.5. The number of nitrogens with zero attached hydrogens (tertiary/aromatic N) is 1. The molecule has 1 heterocycles. The van der Waals surface area contributed by atoms with Crippen LogP contribution in [0.4, 0.5) is 0 Å². The first-order chi connectivity index (χ1) is 15.2. The molecule has 1 aliphatic carbocycles. The molecule has 0 N–H and O–H groups in total. The maximum absolute atomic E-state index is 5.93. The highest BCUT2D eigenvalue weighted by Gasteiger charge is 2.33. The fourth-order valence-corrected chi connectivity index (χ4v) is 5.04. The Balaban J connectivity index is 1.36. The first kappa shape index (κ1) is 22.4.